The summed E-state index contributed by atoms with van der Waals surface area (Å²) in [6.07, 6.45) is 1.23. The van der Waals surface area contributed by atoms with Gasteiger partial charge >= 0.3 is 6.03 Å². The van der Waals surface area contributed by atoms with E-state index in [0.29, 0.717) is 25.2 Å². The van der Waals surface area contributed by atoms with E-state index in [4.69, 9.17) is 4.74 Å². The highest BCUT2D eigenvalue weighted by atomic mass is 16.5. The van der Waals surface area contributed by atoms with Gasteiger partial charge in [0, 0.05) is 31.0 Å². The van der Waals surface area contributed by atoms with Gasteiger partial charge in [-0.3, -0.25) is 9.69 Å². The molecule has 0 atom stereocenters. The van der Waals surface area contributed by atoms with E-state index < -0.39 is 0 Å². The smallest absolute Gasteiger partial charge is 0.324 e. The second-order valence-corrected chi connectivity index (χ2v) is 7.81. The Hall–Kier alpha value is -3.80. The lowest BCUT2D eigenvalue weighted by molar-refractivity contribution is -0.115. The van der Waals surface area contributed by atoms with E-state index in [9.17, 15) is 9.59 Å². The summed E-state index contributed by atoms with van der Waals surface area (Å²) in [6, 6.07) is 24.9. The molecule has 0 unspecified atom stereocenters. The lowest BCUT2D eigenvalue weighted by Crippen LogP contribution is -2.49. The highest BCUT2D eigenvalue weighted by molar-refractivity contribution is 5.94. The van der Waals surface area contributed by atoms with Gasteiger partial charge in [0.05, 0.1) is 13.5 Å². The normalized spacial score (nSPS) is 13.7. The van der Waals surface area contributed by atoms with Gasteiger partial charge in [0.1, 0.15) is 5.75 Å². The van der Waals surface area contributed by atoms with Gasteiger partial charge in [-0.1, -0.05) is 42.5 Å². The van der Waals surface area contributed by atoms with Crippen LogP contribution in [-0.2, 0) is 17.8 Å². The van der Waals surface area contributed by atoms with E-state index in [2.05, 4.69) is 5.32 Å². The molecule has 0 aliphatic carbocycles. The second kappa shape index (κ2) is 10.0. The molecular formula is C26H27N3O3. The third-order valence-electron chi connectivity index (χ3n) is 5.51. The molecule has 6 heteroatoms. The molecule has 3 aromatic carbocycles. The maximum atomic E-state index is 13.1. The average molecular weight is 430 g/mol. The van der Waals surface area contributed by atoms with Crippen molar-refractivity contribution in [1.82, 2.24) is 4.90 Å². The zero-order valence-electron chi connectivity index (χ0n) is 18.2. The van der Waals surface area contributed by atoms with E-state index >= 15 is 0 Å². The number of methoxy groups -OCH3 is 1. The first kappa shape index (κ1) is 21.4. The van der Waals surface area contributed by atoms with Crippen LogP contribution in [0.3, 0.4) is 0 Å². The van der Waals surface area contributed by atoms with Gasteiger partial charge in [0.2, 0.25) is 5.91 Å². The third kappa shape index (κ3) is 5.27. The molecule has 0 bridgehead atoms. The summed E-state index contributed by atoms with van der Waals surface area (Å²) in [7, 11) is 1.64. The zero-order valence-corrected chi connectivity index (χ0v) is 18.2. The molecule has 0 spiro atoms. The molecule has 32 heavy (non-hydrogen) atoms. The van der Waals surface area contributed by atoms with Crippen LogP contribution < -0.4 is 15.0 Å². The average Bonchev–Trinajstić information content (AvgIpc) is 2.82. The minimum Gasteiger partial charge on any atom is -0.497 e. The van der Waals surface area contributed by atoms with Crippen LogP contribution in [0.1, 0.15) is 17.5 Å². The molecule has 1 aliphatic heterocycles. The number of benzene rings is 3. The summed E-state index contributed by atoms with van der Waals surface area (Å²) in [6.45, 7) is 1.97. The predicted octanol–water partition coefficient (Wildman–Crippen LogP) is 4.71. The number of urea groups is 1. The van der Waals surface area contributed by atoms with Crippen molar-refractivity contribution in [2.45, 2.75) is 19.4 Å². The summed E-state index contributed by atoms with van der Waals surface area (Å²) in [5.74, 6) is 0.736. The van der Waals surface area contributed by atoms with Crippen LogP contribution in [0.5, 0.6) is 5.75 Å². The highest BCUT2D eigenvalue weighted by Crippen LogP contribution is 2.24. The molecule has 3 aromatic rings. The van der Waals surface area contributed by atoms with Crippen molar-refractivity contribution in [1.29, 1.82) is 0 Å². The Morgan fingerprint density at radius 3 is 2.31 bits per heavy atom. The maximum absolute atomic E-state index is 13.1. The Labute approximate surface area is 188 Å². The fraction of sp³-hybridized carbons (Fsp3) is 0.231. The maximum Gasteiger partial charge on any atom is 0.324 e. The van der Waals surface area contributed by atoms with E-state index in [1.54, 1.807) is 12.0 Å². The summed E-state index contributed by atoms with van der Waals surface area (Å²) >= 11 is 0. The fourth-order valence-corrected chi connectivity index (χ4v) is 3.83. The molecule has 1 N–H and O–H groups in total. The SMILES string of the molecule is COc1ccc(CN2CCCN(c3ccc(NC(=O)Cc4ccccc4)cc3)C2=O)cc1. The Balaban J connectivity index is 1.37. The number of rotatable bonds is 7. The number of nitrogens with one attached hydrogen (secondary N) is 1. The standard InChI is InChI=1S/C26H27N3O3/c1-32-24-14-8-21(9-15-24)19-28-16-5-17-29(26(28)31)23-12-10-22(11-13-23)27-25(30)18-20-6-3-2-4-7-20/h2-4,6-15H,5,16-19H2,1H3,(H,27,30). The van der Waals surface area contributed by atoms with Crippen LogP contribution in [0.4, 0.5) is 16.2 Å². The molecule has 3 amide bonds. The van der Waals surface area contributed by atoms with Crippen molar-refractivity contribution in [3.63, 3.8) is 0 Å². The van der Waals surface area contributed by atoms with Crippen LogP contribution in [0.2, 0.25) is 0 Å². The Kier molecular flexibility index (Phi) is 6.70. The van der Waals surface area contributed by atoms with E-state index in [-0.39, 0.29) is 11.9 Å². The number of ether oxygens (including phenoxy) is 1. The van der Waals surface area contributed by atoms with Crippen LogP contribution >= 0.6 is 0 Å². The van der Waals surface area contributed by atoms with Gasteiger partial charge < -0.3 is 15.0 Å². The van der Waals surface area contributed by atoms with Gasteiger partial charge in [-0.15, -0.1) is 0 Å². The summed E-state index contributed by atoms with van der Waals surface area (Å²) in [4.78, 5) is 29.0. The van der Waals surface area contributed by atoms with Gasteiger partial charge in [-0.25, -0.2) is 4.79 Å². The van der Waals surface area contributed by atoms with Crippen molar-refractivity contribution in [3.05, 3.63) is 90.0 Å². The number of hydrogen-bond donors (Lipinski definition) is 1. The van der Waals surface area contributed by atoms with Crippen molar-refractivity contribution >= 4 is 23.3 Å². The molecule has 0 radical (unpaired) electrons. The molecule has 1 aliphatic rings. The van der Waals surface area contributed by atoms with Gasteiger partial charge in [-0.05, 0) is 53.9 Å². The second-order valence-electron chi connectivity index (χ2n) is 7.81. The van der Waals surface area contributed by atoms with Gasteiger partial charge in [0.15, 0.2) is 0 Å². The largest absolute Gasteiger partial charge is 0.497 e. The first-order valence-electron chi connectivity index (χ1n) is 10.8. The Morgan fingerprint density at radius 1 is 0.906 bits per heavy atom. The summed E-state index contributed by atoms with van der Waals surface area (Å²) in [5.41, 5.74) is 3.58. The van der Waals surface area contributed by atoms with E-state index in [1.165, 1.54) is 0 Å². The number of anilines is 2. The molecule has 1 saturated heterocycles. The molecule has 164 valence electrons. The monoisotopic (exact) mass is 429 g/mol. The predicted molar refractivity (Wildman–Crippen MR) is 126 cm³/mol. The molecule has 6 nitrogen and oxygen atoms in total. The number of nitrogens with zero attached hydrogens (tertiary/aromatic N) is 2. The minimum absolute atomic E-state index is 0.00655. The van der Waals surface area contributed by atoms with Crippen LogP contribution in [0, 0.1) is 0 Å². The minimum atomic E-state index is -0.0661. The molecule has 0 saturated carbocycles. The van der Waals surface area contributed by atoms with Crippen LogP contribution in [0.15, 0.2) is 78.9 Å². The Bertz CT molecular complexity index is 1050. The topological polar surface area (TPSA) is 61.9 Å². The quantitative estimate of drug-likeness (QED) is 0.592. The Morgan fingerprint density at radius 2 is 1.62 bits per heavy atom. The number of carbonyl (C=O) groups is 2. The summed E-state index contributed by atoms with van der Waals surface area (Å²) < 4.78 is 5.20. The molecule has 0 aromatic heterocycles. The number of carbonyl (C=O) groups excluding carboxylic acids is 2. The molecular weight excluding hydrogens is 402 g/mol. The van der Waals surface area contributed by atoms with Crippen molar-refractivity contribution in [2.75, 3.05) is 30.4 Å². The van der Waals surface area contributed by atoms with Crippen molar-refractivity contribution in [2.24, 2.45) is 0 Å². The molecule has 1 fully saturated rings. The molecule has 1 heterocycles. The van der Waals surface area contributed by atoms with E-state index in [1.807, 2.05) is 83.8 Å². The van der Waals surface area contributed by atoms with Crippen LogP contribution in [0.25, 0.3) is 0 Å². The highest BCUT2D eigenvalue weighted by Gasteiger charge is 2.26. The number of hydrogen-bond acceptors (Lipinski definition) is 3. The van der Waals surface area contributed by atoms with Crippen LogP contribution in [-0.4, -0.2) is 37.0 Å². The first-order chi connectivity index (χ1) is 15.6. The van der Waals surface area contributed by atoms with E-state index in [0.717, 1.165) is 35.5 Å². The lowest BCUT2D eigenvalue weighted by atomic mass is 10.1. The first-order valence-corrected chi connectivity index (χ1v) is 10.8. The summed E-state index contributed by atoms with van der Waals surface area (Å²) in [5, 5.41) is 2.92. The fourth-order valence-electron chi connectivity index (χ4n) is 3.83. The zero-order chi connectivity index (χ0) is 22.3. The van der Waals surface area contributed by atoms with Gasteiger partial charge in [0.25, 0.3) is 0 Å². The van der Waals surface area contributed by atoms with Gasteiger partial charge in [-0.2, -0.15) is 0 Å². The lowest BCUT2D eigenvalue weighted by Gasteiger charge is -2.35. The van der Waals surface area contributed by atoms with Crippen molar-refractivity contribution < 1.29 is 14.3 Å². The third-order valence-corrected chi connectivity index (χ3v) is 5.51. The number of amides is 3. The van der Waals surface area contributed by atoms with Crippen molar-refractivity contribution in [3.8, 4) is 5.75 Å². The molecule has 4 rings (SSSR count).